The Hall–Kier alpha value is -3.23. The van der Waals surface area contributed by atoms with E-state index >= 15 is 0 Å². The number of oxazole rings is 1. The molecular weight excluding hydrogens is 480 g/mol. The van der Waals surface area contributed by atoms with Crippen molar-refractivity contribution in [2.45, 2.75) is 33.1 Å². The van der Waals surface area contributed by atoms with Crippen molar-refractivity contribution in [2.24, 2.45) is 11.8 Å². The molecule has 0 aliphatic carbocycles. The summed E-state index contributed by atoms with van der Waals surface area (Å²) in [5, 5.41) is 3.12. The van der Waals surface area contributed by atoms with E-state index in [0.29, 0.717) is 42.2 Å². The first kappa shape index (κ1) is 26.4. The fraction of sp³-hybridized carbons (Fsp3) is 0.500. The van der Waals surface area contributed by atoms with Gasteiger partial charge in [-0.1, -0.05) is 24.6 Å². The molecule has 2 aromatic carbocycles. The molecule has 2 saturated heterocycles. The molecular formula is C30H38N4O4. The second-order valence-corrected chi connectivity index (χ2v) is 10.6. The van der Waals surface area contributed by atoms with Gasteiger partial charge in [-0.25, -0.2) is 4.98 Å². The Morgan fingerprint density at radius 3 is 2.53 bits per heavy atom. The van der Waals surface area contributed by atoms with Gasteiger partial charge >= 0.3 is 0 Å². The first-order chi connectivity index (χ1) is 18.5. The molecule has 8 heteroatoms. The van der Waals surface area contributed by atoms with E-state index in [9.17, 15) is 9.59 Å². The average Bonchev–Trinajstić information content (AvgIpc) is 3.39. The summed E-state index contributed by atoms with van der Waals surface area (Å²) in [5.74, 6) is 0.914. The van der Waals surface area contributed by atoms with Gasteiger partial charge < -0.3 is 19.4 Å². The summed E-state index contributed by atoms with van der Waals surface area (Å²) in [5.41, 5.74) is 4.06. The molecule has 5 rings (SSSR count). The molecule has 2 amide bonds. The number of ether oxygens (including phenoxy) is 1. The highest BCUT2D eigenvalue weighted by atomic mass is 16.5. The normalized spacial score (nSPS) is 18.0. The number of carbonyl (C=O) groups excluding carboxylic acids is 2. The lowest BCUT2D eigenvalue weighted by Crippen LogP contribution is -2.43. The molecule has 1 aromatic heterocycles. The first-order valence-electron chi connectivity index (χ1n) is 13.8. The number of nitrogens with zero attached hydrogens (tertiary/aromatic N) is 3. The van der Waals surface area contributed by atoms with Crippen LogP contribution in [0.4, 0.5) is 0 Å². The molecule has 1 N–H and O–H groups in total. The number of amides is 2. The van der Waals surface area contributed by atoms with Crippen molar-refractivity contribution in [3.05, 3.63) is 53.6 Å². The van der Waals surface area contributed by atoms with Gasteiger partial charge in [0.1, 0.15) is 5.52 Å². The molecule has 2 aliphatic rings. The number of nitrogens with one attached hydrogen (secondary N) is 1. The van der Waals surface area contributed by atoms with Crippen LogP contribution in [0, 0.1) is 18.8 Å². The molecule has 0 saturated carbocycles. The van der Waals surface area contributed by atoms with Crippen molar-refractivity contribution in [1.82, 2.24) is 20.1 Å². The quantitative estimate of drug-likeness (QED) is 0.451. The van der Waals surface area contributed by atoms with Crippen LogP contribution in [-0.2, 0) is 9.53 Å². The third kappa shape index (κ3) is 6.25. The number of rotatable bonds is 8. The summed E-state index contributed by atoms with van der Waals surface area (Å²) < 4.78 is 11.3. The van der Waals surface area contributed by atoms with E-state index in [4.69, 9.17) is 9.15 Å². The SMILES string of the molecule is Cc1ccc(-c2nc3cc(C(=O)N4CCC(C(C)C(=O)NCCCN5CCOCC5)CC4)ccc3o2)cc1. The molecule has 202 valence electrons. The Kier molecular flexibility index (Phi) is 8.39. The maximum absolute atomic E-state index is 13.2. The van der Waals surface area contributed by atoms with Gasteiger partial charge in [0, 0.05) is 49.8 Å². The second kappa shape index (κ2) is 12.1. The average molecular weight is 519 g/mol. The number of fused-ring (bicyclic) bond motifs is 1. The molecule has 38 heavy (non-hydrogen) atoms. The zero-order chi connectivity index (χ0) is 26.5. The minimum absolute atomic E-state index is 0.00505. The minimum atomic E-state index is -0.0534. The fourth-order valence-electron chi connectivity index (χ4n) is 5.38. The van der Waals surface area contributed by atoms with E-state index < -0.39 is 0 Å². The van der Waals surface area contributed by atoms with E-state index in [2.05, 4.69) is 15.2 Å². The Morgan fingerprint density at radius 1 is 1.05 bits per heavy atom. The highest BCUT2D eigenvalue weighted by Gasteiger charge is 2.30. The predicted octanol–water partition coefficient (Wildman–Crippen LogP) is 4.13. The maximum Gasteiger partial charge on any atom is 0.253 e. The lowest BCUT2D eigenvalue weighted by molar-refractivity contribution is -0.126. The lowest BCUT2D eigenvalue weighted by Gasteiger charge is -2.34. The number of benzene rings is 2. The van der Waals surface area contributed by atoms with E-state index in [1.54, 1.807) is 0 Å². The molecule has 0 spiro atoms. The molecule has 3 heterocycles. The summed E-state index contributed by atoms with van der Waals surface area (Å²) in [4.78, 5) is 34.9. The summed E-state index contributed by atoms with van der Waals surface area (Å²) >= 11 is 0. The third-order valence-corrected chi connectivity index (χ3v) is 7.93. The molecule has 3 aromatic rings. The minimum Gasteiger partial charge on any atom is -0.436 e. The van der Waals surface area contributed by atoms with Crippen LogP contribution in [0.2, 0.25) is 0 Å². The van der Waals surface area contributed by atoms with Gasteiger partial charge in [-0.05, 0) is 69.0 Å². The Morgan fingerprint density at radius 2 is 1.79 bits per heavy atom. The van der Waals surface area contributed by atoms with E-state index in [0.717, 1.165) is 57.7 Å². The molecule has 0 radical (unpaired) electrons. The molecule has 8 nitrogen and oxygen atoms in total. The third-order valence-electron chi connectivity index (χ3n) is 7.93. The Labute approximate surface area is 224 Å². The topological polar surface area (TPSA) is 87.9 Å². The van der Waals surface area contributed by atoms with Crippen LogP contribution in [0.3, 0.4) is 0 Å². The van der Waals surface area contributed by atoms with Gasteiger partial charge in [0.25, 0.3) is 5.91 Å². The van der Waals surface area contributed by atoms with Crippen LogP contribution < -0.4 is 5.32 Å². The van der Waals surface area contributed by atoms with Crippen molar-refractivity contribution in [3.63, 3.8) is 0 Å². The second-order valence-electron chi connectivity index (χ2n) is 10.6. The number of aromatic nitrogens is 1. The first-order valence-corrected chi connectivity index (χ1v) is 13.8. The summed E-state index contributed by atoms with van der Waals surface area (Å²) in [6, 6.07) is 13.5. The van der Waals surface area contributed by atoms with E-state index in [-0.39, 0.29) is 23.7 Å². The highest BCUT2D eigenvalue weighted by Crippen LogP contribution is 2.28. The molecule has 2 fully saturated rings. The van der Waals surface area contributed by atoms with Crippen molar-refractivity contribution in [3.8, 4) is 11.5 Å². The van der Waals surface area contributed by atoms with Crippen molar-refractivity contribution < 1.29 is 18.7 Å². The molecule has 2 aliphatic heterocycles. The van der Waals surface area contributed by atoms with Gasteiger partial charge in [0.05, 0.1) is 13.2 Å². The van der Waals surface area contributed by atoms with Crippen LogP contribution in [0.1, 0.15) is 42.1 Å². The van der Waals surface area contributed by atoms with Crippen LogP contribution in [-0.4, -0.2) is 79.1 Å². The molecule has 1 unspecified atom stereocenters. The van der Waals surface area contributed by atoms with Gasteiger partial charge in [0.2, 0.25) is 11.8 Å². The van der Waals surface area contributed by atoms with E-state index in [1.165, 1.54) is 5.56 Å². The maximum atomic E-state index is 13.2. The fourth-order valence-corrected chi connectivity index (χ4v) is 5.38. The zero-order valence-corrected chi connectivity index (χ0v) is 22.4. The highest BCUT2D eigenvalue weighted by molar-refractivity contribution is 5.97. The number of aryl methyl sites for hydroxylation is 1. The van der Waals surface area contributed by atoms with Crippen molar-refractivity contribution in [1.29, 1.82) is 0 Å². The lowest BCUT2D eigenvalue weighted by atomic mass is 9.84. The van der Waals surface area contributed by atoms with Crippen LogP contribution >= 0.6 is 0 Å². The Bertz CT molecular complexity index is 1240. The van der Waals surface area contributed by atoms with Crippen LogP contribution in [0.5, 0.6) is 0 Å². The van der Waals surface area contributed by atoms with Gasteiger partial charge in [0.15, 0.2) is 5.58 Å². The van der Waals surface area contributed by atoms with Crippen molar-refractivity contribution in [2.75, 3.05) is 52.5 Å². The van der Waals surface area contributed by atoms with E-state index in [1.807, 2.05) is 61.2 Å². The summed E-state index contributed by atoms with van der Waals surface area (Å²) in [7, 11) is 0. The molecule has 1 atom stereocenters. The predicted molar refractivity (Wildman–Crippen MR) is 147 cm³/mol. The largest absolute Gasteiger partial charge is 0.436 e. The summed E-state index contributed by atoms with van der Waals surface area (Å²) in [6.07, 6.45) is 2.61. The van der Waals surface area contributed by atoms with Crippen LogP contribution in [0.15, 0.2) is 46.9 Å². The van der Waals surface area contributed by atoms with Gasteiger partial charge in [-0.2, -0.15) is 0 Å². The number of hydrogen-bond donors (Lipinski definition) is 1. The zero-order valence-electron chi connectivity index (χ0n) is 22.4. The number of likely N-dealkylation sites (tertiary alicyclic amines) is 1. The standard InChI is InChI=1S/C30H38N4O4/c1-21-4-6-24(7-5-21)29-32-26-20-25(8-9-27(26)38-29)30(36)34-14-10-23(11-15-34)22(2)28(35)31-12-3-13-33-16-18-37-19-17-33/h4-9,20,22-23H,3,10-19H2,1-2H3,(H,31,35). The van der Waals surface area contributed by atoms with Gasteiger partial charge in [-0.3, -0.25) is 14.5 Å². The number of carbonyl (C=O) groups is 2. The molecule has 0 bridgehead atoms. The summed E-state index contributed by atoms with van der Waals surface area (Å²) in [6.45, 7) is 10.6. The van der Waals surface area contributed by atoms with Crippen LogP contribution in [0.25, 0.3) is 22.6 Å². The number of morpholine rings is 1. The van der Waals surface area contributed by atoms with Crippen molar-refractivity contribution >= 4 is 22.9 Å². The van der Waals surface area contributed by atoms with Gasteiger partial charge in [-0.15, -0.1) is 0 Å². The Balaban J connectivity index is 1.10. The monoisotopic (exact) mass is 518 g/mol. The smallest absolute Gasteiger partial charge is 0.253 e. The number of hydrogen-bond acceptors (Lipinski definition) is 6. The number of piperidine rings is 1.